The summed E-state index contributed by atoms with van der Waals surface area (Å²) in [5, 5.41) is 2.58. The minimum atomic E-state index is -3.17. The van der Waals surface area contributed by atoms with Crippen LogP contribution in [0.2, 0.25) is 0 Å². The number of hydrogen-bond acceptors (Lipinski definition) is 4. The molecule has 0 radical (unpaired) electrons. The van der Waals surface area contributed by atoms with Crippen molar-refractivity contribution in [2.24, 2.45) is 0 Å². The molecule has 0 atom stereocenters. The lowest BCUT2D eigenvalue weighted by molar-refractivity contribution is -0.111. The normalized spacial score (nSPS) is 11.2. The van der Waals surface area contributed by atoms with E-state index < -0.39 is 24.9 Å². The number of hydrogen-bond donors (Lipinski definition) is 1. The Morgan fingerprint density at radius 2 is 1.88 bits per heavy atom. The quantitative estimate of drug-likeness (QED) is 0.585. The van der Waals surface area contributed by atoms with Crippen molar-refractivity contribution in [2.75, 3.05) is 5.32 Å². The zero-order chi connectivity index (χ0) is 19.1. The summed E-state index contributed by atoms with van der Waals surface area (Å²) in [7, 11) is 0. The Morgan fingerprint density at radius 1 is 1.15 bits per heavy atom. The topological polar surface area (TPSA) is 60.5 Å². The number of amides is 1. The second kappa shape index (κ2) is 8.84. The van der Waals surface area contributed by atoms with Gasteiger partial charge < -0.3 is 14.8 Å². The summed E-state index contributed by atoms with van der Waals surface area (Å²) in [5.41, 5.74) is 1.37. The van der Waals surface area contributed by atoms with Crippen LogP contribution in [0.25, 0.3) is 6.08 Å². The van der Waals surface area contributed by atoms with E-state index in [0.717, 1.165) is 23.8 Å². The van der Waals surface area contributed by atoms with Gasteiger partial charge in [-0.25, -0.2) is 0 Å². The van der Waals surface area contributed by atoms with Crippen molar-refractivity contribution in [2.45, 2.75) is 20.1 Å². The smallest absolute Gasteiger partial charge is 0.387 e. The van der Waals surface area contributed by atoms with Gasteiger partial charge in [0.05, 0.1) is 11.9 Å². The largest absolute Gasteiger partial charge is 0.435 e. The first-order valence-corrected chi connectivity index (χ1v) is 7.28. The maximum atomic E-state index is 12.5. The number of halogens is 4. The molecule has 138 valence electrons. The standard InChI is InChI=1S/C17H14F4N2O3/c1-10-6-7-22-9-13(10)23-15(24)5-3-11-2-4-12(25-16(18)19)8-14(11)26-17(20)21/h2-9,16-17H,1H3,(H,23,24)/b5-3+. The van der Waals surface area contributed by atoms with Crippen LogP contribution in [0.5, 0.6) is 11.5 Å². The molecule has 1 heterocycles. The highest BCUT2D eigenvalue weighted by molar-refractivity contribution is 6.02. The third-order valence-corrected chi connectivity index (χ3v) is 3.14. The van der Waals surface area contributed by atoms with Crippen LogP contribution in [0.3, 0.4) is 0 Å². The number of anilines is 1. The van der Waals surface area contributed by atoms with E-state index in [1.54, 1.807) is 19.2 Å². The molecule has 0 saturated heterocycles. The first kappa shape index (κ1) is 19.2. The van der Waals surface area contributed by atoms with Crippen LogP contribution in [0.4, 0.5) is 23.2 Å². The third kappa shape index (κ3) is 5.76. The minimum absolute atomic E-state index is 0.0879. The summed E-state index contributed by atoms with van der Waals surface area (Å²) in [6, 6.07) is 4.96. The molecule has 0 bridgehead atoms. The Balaban J connectivity index is 2.17. The molecule has 1 aromatic heterocycles. The number of aryl methyl sites for hydroxylation is 1. The van der Waals surface area contributed by atoms with Crippen molar-refractivity contribution in [3.05, 3.63) is 53.9 Å². The molecule has 0 saturated carbocycles. The molecule has 0 aliphatic carbocycles. The lowest BCUT2D eigenvalue weighted by Gasteiger charge is -2.11. The van der Waals surface area contributed by atoms with E-state index in [0.29, 0.717) is 5.69 Å². The zero-order valence-electron chi connectivity index (χ0n) is 13.5. The highest BCUT2D eigenvalue weighted by atomic mass is 19.3. The van der Waals surface area contributed by atoms with Crippen molar-refractivity contribution >= 4 is 17.7 Å². The maximum Gasteiger partial charge on any atom is 0.387 e. The average molecular weight is 370 g/mol. The number of nitrogens with one attached hydrogen (secondary N) is 1. The van der Waals surface area contributed by atoms with Gasteiger partial charge in [0.25, 0.3) is 0 Å². The molecule has 5 nitrogen and oxygen atoms in total. The second-order valence-electron chi connectivity index (χ2n) is 4.97. The molecule has 0 aliphatic heterocycles. The average Bonchev–Trinajstić information content (AvgIpc) is 2.55. The fourth-order valence-electron chi connectivity index (χ4n) is 1.96. The van der Waals surface area contributed by atoms with Gasteiger partial charge in [0, 0.05) is 23.9 Å². The molecule has 0 fully saturated rings. The van der Waals surface area contributed by atoms with E-state index in [-0.39, 0.29) is 11.3 Å². The molecule has 0 unspecified atom stereocenters. The van der Waals surface area contributed by atoms with Crippen LogP contribution in [-0.2, 0) is 4.79 Å². The van der Waals surface area contributed by atoms with Gasteiger partial charge in [0.15, 0.2) is 0 Å². The number of nitrogens with zero attached hydrogens (tertiary/aromatic N) is 1. The molecule has 0 aliphatic rings. The summed E-state index contributed by atoms with van der Waals surface area (Å²) in [5.74, 6) is -1.28. The van der Waals surface area contributed by atoms with Crippen LogP contribution in [0, 0.1) is 6.92 Å². The number of benzene rings is 1. The van der Waals surface area contributed by atoms with E-state index in [9.17, 15) is 22.4 Å². The molecule has 2 rings (SSSR count). The second-order valence-corrected chi connectivity index (χ2v) is 4.97. The number of ether oxygens (including phenoxy) is 2. The fourth-order valence-corrected chi connectivity index (χ4v) is 1.96. The fraction of sp³-hybridized carbons (Fsp3) is 0.176. The molecule has 26 heavy (non-hydrogen) atoms. The van der Waals surface area contributed by atoms with Crippen LogP contribution in [0.15, 0.2) is 42.7 Å². The molecule has 1 N–H and O–H groups in total. The van der Waals surface area contributed by atoms with Crippen LogP contribution in [-0.4, -0.2) is 24.1 Å². The Morgan fingerprint density at radius 3 is 2.54 bits per heavy atom. The van der Waals surface area contributed by atoms with Crippen molar-refractivity contribution in [1.29, 1.82) is 0 Å². The summed E-state index contributed by atoms with van der Waals surface area (Å²) in [4.78, 5) is 15.8. The predicted molar refractivity (Wildman–Crippen MR) is 86.3 cm³/mol. The number of carbonyl (C=O) groups excluding carboxylic acids is 1. The molecule has 2 aromatic rings. The highest BCUT2D eigenvalue weighted by Crippen LogP contribution is 2.28. The van der Waals surface area contributed by atoms with Gasteiger partial charge in [-0.3, -0.25) is 9.78 Å². The molecule has 1 aromatic carbocycles. The molecule has 9 heteroatoms. The number of aromatic nitrogens is 1. The van der Waals surface area contributed by atoms with Gasteiger partial charge in [-0.15, -0.1) is 0 Å². The van der Waals surface area contributed by atoms with Crippen molar-refractivity contribution in [3.8, 4) is 11.5 Å². The monoisotopic (exact) mass is 370 g/mol. The van der Waals surface area contributed by atoms with Gasteiger partial charge >= 0.3 is 13.2 Å². The van der Waals surface area contributed by atoms with Gasteiger partial charge in [-0.05, 0) is 36.8 Å². The van der Waals surface area contributed by atoms with Crippen molar-refractivity contribution < 1.29 is 31.8 Å². The summed E-state index contributed by atoms with van der Waals surface area (Å²) in [6.45, 7) is -4.50. The van der Waals surface area contributed by atoms with E-state index in [4.69, 9.17) is 0 Å². The number of alkyl halides is 4. The van der Waals surface area contributed by atoms with E-state index in [1.807, 2.05) is 0 Å². The maximum absolute atomic E-state index is 12.5. The van der Waals surface area contributed by atoms with Crippen LogP contribution >= 0.6 is 0 Å². The van der Waals surface area contributed by atoms with E-state index >= 15 is 0 Å². The van der Waals surface area contributed by atoms with Gasteiger partial charge in [0.1, 0.15) is 11.5 Å². The summed E-state index contributed by atoms with van der Waals surface area (Å²) >= 11 is 0. The number of rotatable bonds is 7. The molecular formula is C17H14F4N2O3. The molecule has 0 spiro atoms. The van der Waals surface area contributed by atoms with Gasteiger partial charge in [-0.1, -0.05) is 0 Å². The van der Waals surface area contributed by atoms with Crippen LogP contribution in [0.1, 0.15) is 11.1 Å². The lowest BCUT2D eigenvalue weighted by Crippen LogP contribution is -2.09. The Labute approximate surface area is 146 Å². The van der Waals surface area contributed by atoms with Crippen molar-refractivity contribution in [1.82, 2.24) is 4.98 Å². The first-order valence-electron chi connectivity index (χ1n) is 7.28. The van der Waals surface area contributed by atoms with Crippen LogP contribution < -0.4 is 14.8 Å². The summed E-state index contributed by atoms with van der Waals surface area (Å²) < 4.78 is 57.9. The molecular weight excluding hydrogens is 356 g/mol. The van der Waals surface area contributed by atoms with Gasteiger partial charge in [-0.2, -0.15) is 17.6 Å². The molecule has 1 amide bonds. The third-order valence-electron chi connectivity index (χ3n) is 3.14. The SMILES string of the molecule is Cc1ccncc1NC(=O)/C=C/c1ccc(OC(F)F)cc1OC(F)F. The summed E-state index contributed by atoms with van der Waals surface area (Å²) in [6.07, 6.45) is 5.33. The first-order chi connectivity index (χ1) is 12.3. The van der Waals surface area contributed by atoms with E-state index in [2.05, 4.69) is 19.8 Å². The van der Waals surface area contributed by atoms with E-state index in [1.165, 1.54) is 18.3 Å². The highest BCUT2D eigenvalue weighted by Gasteiger charge is 2.12. The Bertz CT molecular complexity index is 797. The van der Waals surface area contributed by atoms with Gasteiger partial charge in [0.2, 0.25) is 5.91 Å². The Hall–Kier alpha value is -3.10. The number of carbonyl (C=O) groups is 1. The lowest BCUT2D eigenvalue weighted by atomic mass is 10.1. The number of pyridine rings is 1. The van der Waals surface area contributed by atoms with Crippen molar-refractivity contribution in [3.63, 3.8) is 0 Å². The zero-order valence-corrected chi connectivity index (χ0v) is 13.5. The minimum Gasteiger partial charge on any atom is -0.435 e. The predicted octanol–water partition coefficient (Wildman–Crippen LogP) is 4.24. The Kier molecular flexibility index (Phi) is 6.54.